The van der Waals surface area contributed by atoms with Gasteiger partial charge in [-0.2, -0.15) is 0 Å². The number of benzene rings is 2. The van der Waals surface area contributed by atoms with Gasteiger partial charge in [0.25, 0.3) is 17.6 Å². The van der Waals surface area contributed by atoms with Crippen LogP contribution < -0.4 is 9.30 Å². The Morgan fingerprint density at radius 3 is 2.14 bits per heavy atom. The second kappa shape index (κ2) is 7.84. The van der Waals surface area contributed by atoms with Gasteiger partial charge in [0.2, 0.25) is 0 Å². The maximum Gasteiger partial charge on any atom is 0.277 e. The molecule has 0 saturated carbocycles. The van der Waals surface area contributed by atoms with Gasteiger partial charge < -0.3 is 4.74 Å². The fourth-order valence-corrected chi connectivity index (χ4v) is 3.66. The predicted molar refractivity (Wildman–Crippen MR) is 107 cm³/mol. The number of rotatable bonds is 4. The van der Waals surface area contributed by atoms with Gasteiger partial charge in [0, 0.05) is 6.07 Å². The molecule has 2 amide bonds. The van der Waals surface area contributed by atoms with E-state index in [1.165, 1.54) is 4.90 Å². The molecule has 146 valence electrons. The molecule has 3 aromatic rings. The van der Waals surface area contributed by atoms with Crippen LogP contribution in [0.1, 0.15) is 47.3 Å². The zero-order chi connectivity index (χ0) is 20.4. The number of carbonyl (C=O) groups is 2. The number of imidazole rings is 1. The number of nitrogens with zero attached hydrogens (tertiary/aromatic N) is 3. The number of methoxy groups -OCH3 is 1. The molecule has 0 unspecified atom stereocenters. The zero-order valence-corrected chi connectivity index (χ0v) is 17.0. The number of aryl methyl sites for hydroxylation is 2. The lowest BCUT2D eigenvalue weighted by Crippen LogP contribution is -2.39. The Morgan fingerprint density at radius 1 is 1.00 bits per heavy atom. The smallest absolute Gasteiger partial charge is 0.277 e. The van der Waals surface area contributed by atoms with Gasteiger partial charge in [-0.05, 0) is 31.2 Å². The highest BCUT2D eigenvalue weighted by Crippen LogP contribution is 2.26. The highest BCUT2D eigenvalue weighted by Gasteiger charge is 2.38. The quantitative estimate of drug-likeness (QED) is 0.515. The van der Waals surface area contributed by atoms with Crippen LogP contribution in [0.3, 0.4) is 0 Å². The molecule has 4 rings (SSSR count). The van der Waals surface area contributed by atoms with E-state index in [2.05, 4.69) is 4.57 Å². The molecule has 2 aromatic carbocycles. The van der Waals surface area contributed by atoms with Crippen LogP contribution in [-0.4, -0.2) is 28.4 Å². The fraction of sp³-hybridized carbons (Fsp3) is 0.318. The monoisotopic (exact) mass is 380 g/mol. The summed E-state index contributed by atoms with van der Waals surface area (Å²) in [5.74, 6) is 1.19. The third-order valence-electron chi connectivity index (χ3n) is 5.03. The van der Waals surface area contributed by atoms with Crippen molar-refractivity contribution < 1.29 is 18.9 Å². The van der Waals surface area contributed by atoms with Gasteiger partial charge in [-0.3, -0.25) is 14.5 Å². The summed E-state index contributed by atoms with van der Waals surface area (Å²) in [4.78, 5) is 26.7. The molecule has 2 heterocycles. The van der Waals surface area contributed by atoms with Crippen LogP contribution in [0.4, 0.5) is 0 Å². The van der Waals surface area contributed by atoms with Crippen LogP contribution in [0.15, 0.2) is 42.5 Å². The van der Waals surface area contributed by atoms with E-state index >= 15 is 0 Å². The van der Waals surface area contributed by atoms with E-state index in [-0.39, 0.29) is 18.4 Å². The molecule has 0 fully saturated rings. The van der Waals surface area contributed by atoms with Crippen LogP contribution >= 0.6 is 0 Å². The van der Waals surface area contributed by atoms with Crippen molar-refractivity contribution in [2.75, 3.05) is 7.11 Å². The lowest BCUT2D eigenvalue weighted by Gasteiger charge is -2.12. The van der Waals surface area contributed by atoms with Gasteiger partial charge in [0.15, 0.2) is 11.0 Å². The second-order valence-corrected chi connectivity index (χ2v) is 6.32. The molecule has 0 radical (unpaired) electrons. The first kappa shape index (κ1) is 19.6. The largest absolute Gasteiger partial charge is 0.497 e. The Balaban J connectivity index is 0.00000109. The standard InChI is InChI=1S/C20H20N3O3.C2H6/c1-4-22-17-11-13(26-3)9-10-16(17)21(2)18(22)12-23-19(24)14-7-5-6-8-15(14)20(23)25;1-2/h5-11H,4,12H2,1-3H3;1-2H3/q+1;. The van der Waals surface area contributed by atoms with Crippen LogP contribution in [0.5, 0.6) is 5.75 Å². The molecule has 6 heteroatoms. The molecule has 0 N–H and O–H groups in total. The molecular formula is C22H26N3O3+. The summed E-state index contributed by atoms with van der Waals surface area (Å²) in [6.07, 6.45) is 0. The van der Waals surface area contributed by atoms with Crippen molar-refractivity contribution in [1.29, 1.82) is 0 Å². The molecule has 1 aliphatic heterocycles. The topological polar surface area (TPSA) is 55.4 Å². The second-order valence-electron chi connectivity index (χ2n) is 6.32. The molecular weight excluding hydrogens is 354 g/mol. The number of fused-ring (bicyclic) bond motifs is 2. The van der Waals surface area contributed by atoms with E-state index < -0.39 is 0 Å². The van der Waals surface area contributed by atoms with Gasteiger partial charge in [-0.25, -0.2) is 9.13 Å². The van der Waals surface area contributed by atoms with Crippen LogP contribution in [0, 0.1) is 0 Å². The number of hydrogen-bond acceptors (Lipinski definition) is 3. The van der Waals surface area contributed by atoms with E-state index in [0.717, 1.165) is 29.2 Å². The summed E-state index contributed by atoms with van der Waals surface area (Å²) in [7, 11) is 3.59. The first-order chi connectivity index (χ1) is 13.6. The highest BCUT2D eigenvalue weighted by molar-refractivity contribution is 6.21. The molecule has 1 aromatic heterocycles. The Hall–Kier alpha value is -3.15. The lowest BCUT2D eigenvalue weighted by atomic mass is 10.1. The number of aromatic nitrogens is 2. The highest BCUT2D eigenvalue weighted by atomic mass is 16.5. The molecule has 0 atom stereocenters. The normalized spacial score (nSPS) is 12.8. The minimum atomic E-state index is -0.240. The van der Waals surface area contributed by atoms with Crippen LogP contribution in [-0.2, 0) is 20.1 Å². The average Bonchev–Trinajstić information content (AvgIpc) is 3.15. The Labute approximate surface area is 164 Å². The van der Waals surface area contributed by atoms with E-state index in [0.29, 0.717) is 11.1 Å². The van der Waals surface area contributed by atoms with Gasteiger partial charge >= 0.3 is 0 Å². The maximum atomic E-state index is 12.7. The number of carbonyl (C=O) groups excluding carboxylic acids is 2. The fourth-order valence-electron chi connectivity index (χ4n) is 3.66. The molecule has 28 heavy (non-hydrogen) atoms. The van der Waals surface area contributed by atoms with Gasteiger partial charge in [0.1, 0.15) is 12.3 Å². The van der Waals surface area contributed by atoms with Crippen LogP contribution in [0.2, 0.25) is 0 Å². The summed E-state index contributed by atoms with van der Waals surface area (Å²) in [5, 5.41) is 0. The third kappa shape index (κ3) is 2.95. The first-order valence-corrected chi connectivity index (χ1v) is 9.57. The van der Waals surface area contributed by atoms with Crippen LogP contribution in [0.25, 0.3) is 11.0 Å². The third-order valence-corrected chi connectivity index (χ3v) is 5.03. The summed E-state index contributed by atoms with van der Waals surface area (Å²) >= 11 is 0. The van der Waals surface area contributed by atoms with Crippen molar-refractivity contribution in [1.82, 2.24) is 9.47 Å². The Morgan fingerprint density at radius 2 is 1.61 bits per heavy atom. The summed E-state index contributed by atoms with van der Waals surface area (Å²) < 4.78 is 9.48. The SMILES string of the molecule is CC.CCn1c(CN2C(=O)c3ccccc3C2=O)[n+](C)c2ccc(OC)cc21. The maximum absolute atomic E-state index is 12.7. The summed E-state index contributed by atoms with van der Waals surface area (Å²) in [6, 6.07) is 12.8. The molecule has 0 bridgehead atoms. The number of amides is 2. The van der Waals surface area contributed by atoms with E-state index in [4.69, 9.17) is 4.74 Å². The van der Waals surface area contributed by atoms with E-state index in [1.54, 1.807) is 31.4 Å². The van der Waals surface area contributed by atoms with Gasteiger partial charge in [-0.15, -0.1) is 0 Å². The van der Waals surface area contributed by atoms with Crippen molar-refractivity contribution in [3.63, 3.8) is 0 Å². The minimum Gasteiger partial charge on any atom is -0.497 e. The molecule has 0 saturated heterocycles. The average molecular weight is 380 g/mol. The summed E-state index contributed by atoms with van der Waals surface area (Å²) in [6.45, 7) is 7.00. The molecule has 0 spiro atoms. The Bertz CT molecular complexity index is 1020. The van der Waals surface area contributed by atoms with Crippen molar-refractivity contribution in [2.45, 2.75) is 33.9 Å². The van der Waals surface area contributed by atoms with Crippen molar-refractivity contribution in [2.24, 2.45) is 7.05 Å². The first-order valence-electron chi connectivity index (χ1n) is 9.57. The minimum absolute atomic E-state index is 0.230. The van der Waals surface area contributed by atoms with Crippen molar-refractivity contribution >= 4 is 22.8 Å². The number of imide groups is 1. The predicted octanol–water partition coefficient (Wildman–Crippen LogP) is 3.32. The summed E-state index contributed by atoms with van der Waals surface area (Å²) in [5.41, 5.74) is 2.99. The molecule has 0 aliphatic carbocycles. The van der Waals surface area contributed by atoms with Crippen molar-refractivity contribution in [3.8, 4) is 5.75 Å². The molecule has 1 aliphatic rings. The Kier molecular flexibility index (Phi) is 5.49. The zero-order valence-electron chi connectivity index (χ0n) is 17.0. The van der Waals surface area contributed by atoms with Gasteiger partial charge in [-0.1, -0.05) is 26.0 Å². The van der Waals surface area contributed by atoms with Crippen molar-refractivity contribution in [3.05, 3.63) is 59.4 Å². The number of ether oxygens (including phenoxy) is 1. The van der Waals surface area contributed by atoms with Gasteiger partial charge in [0.05, 0.1) is 31.8 Å². The van der Waals surface area contributed by atoms with E-state index in [9.17, 15) is 9.59 Å². The lowest BCUT2D eigenvalue weighted by molar-refractivity contribution is -0.654. The number of hydrogen-bond donors (Lipinski definition) is 0. The molecule has 6 nitrogen and oxygen atoms in total. The van der Waals surface area contributed by atoms with E-state index in [1.807, 2.05) is 50.6 Å².